The Labute approximate surface area is 320 Å². The molecule has 0 aromatic heterocycles. The molecule has 4 rings (SSSR count). The summed E-state index contributed by atoms with van der Waals surface area (Å²) in [6.45, 7) is 15.9. The number of carbonyl (C=O) groups excluding carboxylic acids is 4. The van der Waals surface area contributed by atoms with Gasteiger partial charge >= 0.3 is 16.4 Å². The minimum atomic E-state index is -4.45. The molecule has 1 saturated heterocycles. The molecule has 4 amide bonds. The zero-order valence-corrected chi connectivity index (χ0v) is 34.6. The Kier molecular flexibility index (Phi) is 12.3. The number of likely N-dealkylation sites (tertiary alicyclic amines) is 1. The lowest BCUT2D eigenvalue weighted by Gasteiger charge is -2.36. The summed E-state index contributed by atoms with van der Waals surface area (Å²) >= 11 is 0. The Morgan fingerprint density at radius 1 is 1.09 bits per heavy atom. The molecule has 2 saturated carbocycles. The van der Waals surface area contributed by atoms with Crippen molar-refractivity contribution in [1.29, 1.82) is 0 Å². The maximum Gasteiger partial charge on any atom is 0.408 e. The fraction of sp³-hybridized carbons (Fsp3) is 0.684. The average Bonchev–Trinajstić information content (AvgIpc) is 3.89. The van der Waals surface area contributed by atoms with Crippen LogP contribution in [0, 0.1) is 18.3 Å². The van der Waals surface area contributed by atoms with E-state index in [2.05, 4.69) is 10.6 Å². The van der Waals surface area contributed by atoms with Crippen molar-refractivity contribution in [2.75, 3.05) is 27.7 Å². The molecule has 0 spiro atoms. The van der Waals surface area contributed by atoms with E-state index < -0.39 is 74.5 Å². The van der Waals surface area contributed by atoms with E-state index in [1.54, 1.807) is 61.8 Å². The summed E-state index contributed by atoms with van der Waals surface area (Å²) < 4.78 is 50.3. The molecule has 15 nitrogen and oxygen atoms in total. The molecule has 0 unspecified atom stereocenters. The largest absolute Gasteiger partial charge is 0.497 e. The van der Waals surface area contributed by atoms with Gasteiger partial charge in [-0.05, 0) is 89.0 Å². The number of alkyl carbamates (subject to hydrolysis) is 1. The summed E-state index contributed by atoms with van der Waals surface area (Å²) in [5.41, 5.74) is -2.40. The van der Waals surface area contributed by atoms with Crippen LogP contribution >= 0.6 is 0 Å². The lowest BCUT2D eigenvalue weighted by Crippen LogP contribution is -2.60. The smallest absolute Gasteiger partial charge is 0.408 e. The molecule has 1 aromatic rings. The molecule has 0 radical (unpaired) electrons. The molecule has 3 fully saturated rings. The molecule has 302 valence electrons. The number of hydrogen-bond acceptors (Lipinski definition) is 11. The van der Waals surface area contributed by atoms with Gasteiger partial charge in [-0.25, -0.2) is 13.7 Å². The lowest BCUT2D eigenvalue weighted by atomic mass is 9.85. The van der Waals surface area contributed by atoms with Gasteiger partial charge in [-0.15, -0.1) is 0 Å². The number of ether oxygens (including phenoxy) is 3. The van der Waals surface area contributed by atoms with E-state index in [4.69, 9.17) is 18.4 Å². The monoisotopic (exact) mass is 777 g/mol. The highest BCUT2D eigenvalue weighted by atomic mass is 32.2. The van der Waals surface area contributed by atoms with Crippen LogP contribution < -0.4 is 20.1 Å². The summed E-state index contributed by atoms with van der Waals surface area (Å²) in [6, 6.07) is 3.29. The second-order valence-corrected chi connectivity index (χ2v) is 18.5. The molecule has 3 aliphatic rings. The van der Waals surface area contributed by atoms with Crippen molar-refractivity contribution >= 4 is 39.9 Å². The highest BCUT2D eigenvalue weighted by molar-refractivity contribution is 7.85. The number of aryl methyl sites for hydroxylation is 1. The van der Waals surface area contributed by atoms with E-state index in [-0.39, 0.29) is 25.3 Å². The number of carbonyl (C=O) groups is 4. The van der Waals surface area contributed by atoms with Gasteiger partial charge in [0.05, 0.1) is 19.3 Å². The molecule has 54 heavy (non-hydrogen) atoms. The van der Waals surface area contributed by atoms with Gasteiger partial charge in [-0.3, -0.25) is 14.4 Å². The van der Waals surface area contributed by atoms with Crippen LogP contribution in [0.5, 0.6) is 5.75 Å². The van der Waals surface area contributed by atoms with E-state index in [0.29, 0.717) is 30.8 Å². The van der Waals surface area contributed by atoms with Gasteiger partial charge in [-0.2, -0.15) is 8.42 Å². The Balaban J connectivity index is 1.67. The number of nitrogens with one attached hydrogen (secondary N) is 3. The van der Waals surface area contributed by atoms with Crippen molar-refractivity contribution in [1.82, 2.24) is 25.2 Å². The van der Waals surface area contributed by atoms with Gasteiger partial charge in [0.1, 0.15) is 40.8 Å². The van der Waals surface area contributed by atoms with Crippen molar-refractivity contribution in [3.63, 3.8) is 0 Å². The lowest BCUT2D eigenvalue weighted by molar-refractivity contribution is -0.143. The molecule has 1 heterocycles. The second kappa shape index (κ2) is 15.6. The number of methoxy groups -OCH3 is 1. The first-order valence-electron chi connectivity index (χ1n) is 18.4. The second-order valence-electron chi connectivity index (χ2n) is 17.3. The SMILES string of the molecule is CC[C@@H]1C[C@]1(NC(=O)[C@@H]1C[C@@H](O/C(=C/N(C)C)c2ccc(OC)cc2C)CN1C(=O)[C@@H](NC(=O)OC(C)(C)C)C(C)(C)C)C(=O)NS(=O)(=O)OC1(C)CC1. The van der Waals surface area contributed by atoms with Crippen LogP contribution in [0.4, 0.5) is 4.79 Å². The fourth-order valence-corrected chi connectivity index (χ4v) is 7.74. The van der Waals surface area contributed by atoms with Crippen molar-refractivity contribution in [2.24, 2.45) is 11.3 Å². The summed E-state index contributed by atoms with van der Waals surface area (Å²) in [5, 5.41) is 5.56. The number of benzene rings is 1. The summed E-state index contributed by atoms with van der Waals surface area (Å²) in [4.78, 5) is 58.8. The highest BCUT2D eigenvalue weighted by Crippen LogP contribution is 2.47. The highest BCUT2D eigenvalue weighted by Gasteiger charge is 2.62. The van der Waals surface area contributed by atoms with Crippen LogP contribution in [0.1, 0.15) is 98.6 Å². The van der Waals surface area contributed by atoms with E-state index in [9.17, 15) is 27.6 Å². The fourth-order valence-electron chi connectivity index (χ4n) is 6.60. The maximum absolute atomic E-state index is 14.6. The quantitative estimate of drug-likeness (QED) is 0.232. The summed E-state index contributed by atoms with van der Waals surface area (Å²) in [6.07, 6.45) is 2.11. The van der Waals surface area contributed by atoms with Crippen LogP contribution in [0.3, 0.4) is 0 Å². The molecule has 1 aliphatic heterocycles. The third-order valence-electron chi connectivity index (χ3n) is 9.82. The minimum Gasteiger partial charge on any atom is -0.497 e. The Bertz CT molecular complexity index is 1740. The predicted molar refractivity (Wildman–Crippen MR) is 202 cm³/mol. The molecule has 3 N–H and O–H groups in total. The van der Waals surface area contributed by atoms with Crippen LogP contribution in [0.2, 0.25) is 0 Å². The molecule has 2 aliphatic carbocycles. The van der Waals surface area contributed by atoms with E-state index in [1.165, 1.54) is 4.90 Å². The Hall–Kier alpha value is -4.05. The maximum atomic E-state index is 14.6. The van der Waals surface area contributed by atoms with Gasteiger partial charge in [-0.1, -0.05) is 34.1 Å². The van der Waals surface area contributed by atoms with Crippen LogP contribution in [-0.4, -0.2) is 105 Å². The van der Waals surface area contributed by atoms with Crippen LogP contribution in [0.15, 0.2) is 24.4 Å². The van der Waals surface area contributed by atoms with Crippen molar-refractivity contribution < 1.29 is 46.0 Å². The zero-order valence-electron chi connectivity index (χ0n) is 33.7. The van der Waals surface area contributed by atoms with Crippen molar-refractivity contribution in [3.05, 3.63) is 35.5 Å². The number of hydrogen-bond donors (Lipinski definition) is 3. The average molecular weight is 778 g/mol. The normalized spacial score (nSPS) is 24.2. The first-order chi connectivity index (χ1) is 24.8. The van der Waals surface area contributed by atoms with E-state index >= 15 is 0 Å². The Morgan fingerprint density at radius 2 is 1.74 bits per heavy atom. The molecule has 0 bridgehead atoms. The molecular weight excluding hydrogens is 719 g/mol. The van der Waals surface area contributed by atoms with Gasteiger partial charge in [0.15, 0.2) is 0 Å². The van der Waals surface area contributed by atoms with Crippen LogP contribution in [-0.2, 0) is 38.3 Å². The van der Waals surface area contributed by atoms with Crippen molar-refractivity contribution in [3.8, 4) is 5.75 Å². The first-order valence-corrected chi connectivity index (χ1v) is 19.8. The minimum absolute atomic E-state index is 0.0311. The van der Waals surface area contributed by atoms with Gasteiger partial charge in [0.2, 0.25) is 11.8 Å². The zero-order chi connectivity index (χ0) is 40.6. The third-order valence-corrected chi connectivity index (χ3v) is 10.9. The number of rotatable bonds is 14. The standard InChI is InChI=1S/C38H59N5O10S/c1-13-24-20-38(24,33(46)41-54(48,49)53-37(9)16-17-37)40-31(44)28-19-26(51-29(22-42(10)11)27-15-14-25(50-12)18-23(27)2)21-43(28)32(45)30(35(3,4)5)39-34(47)52-36(6,7)8/h14-15,18,22,24,26,28,30H,13,16-17,19-21H2,1-12H3,(H,39,47)(H,40,44)(H,41,46)/b29-22+/t24-,26-,28+,30-,38-/m1/s1. The molecular formula is C38H59N5O10S. The summed E-state index contributed by atoms with van der Waals surface area (Å²) in [5.74, 6) is -1.29. The summed E-state index contributed by atoms with van der Waals surface area (Å²) in [7, 11) is 0.821. The number of nitrogens with zero attached hydrogens (tertiary/aromatic N) is 2. The number of amides is 4. The predicted octanol–water partition coefficient (Wildman–Crippen LogP) is 4.00. The molecule has 16 heteroatoms. The Morgan fingerprint density at radius 3 is 2.24 bits per heavy atom. The van der Waals surface area contributed by atoms with Gasteiger partial charge in [0, 0.05) is 32.3 Å². The van der Waals surface area contributed by atoms with Gasteiger partial charge < -0.3 is 34.6 Å². The van der Waals surface area contributed by atoms with E-state index in [0.717, 1.165) is 11.1 Å². The molecule has 5 atom stereocenters. The van der Waals surface area contributed by atoms with Gasteiger partial charge in [0.25, 0.3) is 5.91 Å². The third kappa shape index (κ3) is 10.6. The topological polar surface area (TPSA) is 182 Å². The van der Waals surface area contributed by atoms with Crippen LogP contribution in [0.25, 0.3) is 5.76 Å². The van der Waals surface area contributed by atoms with Crippen molar-refractivity contribution in [2.45, 2.75) is 129 Å². The van der Waals surface area contributed by atoms with E-state index in [1.807, 2.05) is 55.8 Å². The molecule has 1 aromatic carbocycles. The first kappa shape index (κ1) is 42.7.